The van der Waals surface area contributed by atoms with Gasteiger partial charge in [-0.05, 0) is 174 Å². The van der Waals surface area contributed by atoms with Crippen molar-refractivity contribution in [1.82, 2.24) is 43.4 Å². The minimum Gasteiger partial charge on any atom is -0.294 e. The standard InChI is InChI=1S/C38H29N3.C35H25N3.C27H17N5/c1-38(2)35-15-9-8-14-33(35)34-21-20-31(23-36(34)38)41(30-18-16-27(17-19-30)26-10-4-3-5-11-26)37-24-32-22-28-12-6-7-13-29(28)25-40(32)39-37;1-3-9-26(10-4-1)28-15-19-32(20-16-28)38(33-21-17-29(18-22-33)27-11-5-2-6-12-27)35-24-34-23-30-13-7-8-14-31(30)25-37(34)36-35;1-3-8-20-16-31-22(12-18(20)6-1)14-26(29-31)24-10-5-11-25(28-24)27-15-23-13-19-7-2-4-9-21(19)17-32(23)30-27/h3-25H,1-2H3;1-25H;1-17H. The molecule has 11 nitrogen and oxygen atoms in total. The first-order valence-corrected chi connectivity index (χ1v) is 37.5. The Hall–Kier alpha value is -14.8. The van der Waals surface area contributed by atoms with Gasteiger partial charge in [0.2, 0.25) is 0 Å². The minimum absolute atomic E-state index is 0.0819. The van der Waals surface area contributed by atoms with E-state index in [2.05, 4.69) is 376 Å². The summed E-state index contributed by atoms with van der Waals surface area (Å²) in [6, 6.07) is 130. The van der Waals surface area contributed by atoms with Crippen LogP contribution >= 0.6 is 0 Å². The lowest BCUT2D eigenvalue weighted by atomic mass is 9.82. The van der Waals surface area contributed by atoms with Crippen molar-refractivity contribution in [2.75, 3.05) is 9.80 Å². The lowest BCUT2D eigenvalue weighted by molar-refractivity contribution is 0.660. The predicted octanol–water partition coefficient (Wildman–Crippen LogP) is 25.2. The molecule has 0 spiro atoms. The maximum absolute atomic E-state index is 5.11. The summed E-state index contributed by atoms with van der Waals surface area (Å²) in [4.78, 5) is 9.40. The zero-order valence-electron chi connectivity index (χ0n) is 60.9. The van der Waals surface area contributed by atoms with Crippen LogP contribution in [0.15, 0.2) is 395 Å². The quantitative estimate of drug-likeness (QED) is 0.127. The van der Waals surface area contributed by atoms with Crippen LogP contribution in [0.4, 0.5) is 34.4 Å². The van der Waals surface area contributed by atoms with Crippen molar-refractivity contribution < 1.29 is 0 Å². The van der Waals surface area contributed by atoms with Crippen molar-refractivity contribution in [3.8, 4) is 67.3 Å². The van der Waals surface area contributed by atoms with Gasteiger partial charge in [0.1, 0.15) is 11.4 Å². The van der Waals surface area contributed by atoms with Gasteiger partial charge in [-0.15, -0.1) is 10.2 Å². The number of anilines is 6. The SMILES string of the molecule is CC1(C)c2ccccc2-c2ccc(N(c3ccc(-c4ccccc4)cc3)c3cc4cc5ccccc5cn4n3)cc21.c1cc(-c2cc3cc4ccccc4cn3n2)nc(-c2cc3cc4ccccc4cn3n2)c1.c1ccc(-c2ccc(N(c3ccc(-c4ccccc4)cc3)c3cc4cc5ccccc5cn4n3)cc2)cc1. The number of pyridine rings is 5. The molecule has 0 saturated carbocycles. The van der Waals surface area contributed by atoms with Gasteiger partial charge in [0.05, 0.1) is 33.5 Å². The van der Waals surface area contributed by atoms with E-state index in [-0.39, 0.29) is 5.41 Å². The van der Waals surface area contributed by atoms with Crippen LogP contribution in [0.25, 0.3) is 132 Å². The Balaban J connectivity index is 0.000000110. The zero-order chi connectivity index (χ0) is 73.9. The second-order valence-electron chi connectivity index (χ2n) is 28.9. The molecule has 1 aliphatic carbocycles. The summed E-state index contributed by atoms with van der Waals surface area (Å²) in [5, 5.41) is 29.2. The van der Waals surface area contributed by atoms with Crippen LogP contribution in [0.2, 0.25) is 0 Å². The molecule has 0 amide bonds. The maximum atomic E-state index is 5.11. The van der Waals surface area contributed by atoms with Crippen molar-refractivity contribution in [3.05, 3.63) is 406 Å². The summed E-state index contributed by atoms with van der Waals surface area (Å²) in [7, 11) is 0. The Kier molecular flexibility index (Phi) is 16.3. The molecular weight excluding hydrogens is 1360 g/mol. The molecule has 9 heterocycles. The molecule has 0 aliphatic heterocycles. The van der Waals surface area contributed by atoms with Crippen molar-refractivity contribution in [1.29, 1.82) is 0 Å². The van der Waals surface area contributed by atoms with Crippen molar-refractivity contribution in [2.45, 2.75) is 19.3 Å². The molecule has 9 aromatic heterocycles. The molecule has 0 fully saturated rings. The van der Waals surface area contributed by atoms with Crippen molar-refractivity contribution in [2.24, 2.45) is 0 Å². The Morgan fingerprint density at radius 2 is 0.532 bits per heavy atom. The molecular formula is C100H71N11. The van der Waals surface area contributed by atoms with E-state index in [1.54, 1.807) is 0 Å². The first-order valence-electron chi connectivity index (χ1n) is 37.5. The van der Waals surface area contributed by atoms with Crippen LogP contribution in [0.5, 0.6) is 0 Å². The molecule has 0 bridgehead atoms. The number of aromatic nitrogens is 9. The molecule has 0 atom stereocenters. The average Bonchev–Trinajstić information content (AvgIpc) is 1.58. The molecule has 0 radical (unpaired) electrons. The third-order valence-corrected chi connectivity index (χ3v) is 21.5. The van der Waals surface area contributed by atoms with Gasteiger partial charge < -0.3 is 0 Å². The van der Waals surface area contributed by atoms with Gasteiger partial charge in [-0.1, -0.05) is 275 Å². The molecule has 22 rings (SSSR count). The smallest absolute Gasteiger partial charge is 0.160 e. The summed E-state index contributed by atoms with van der Waals surface area (Å²) in [5.74, 6) is 1.77. The molecule has 0 N–H and O–H groups in total. The number of hydrogen-bond acceptors (Lipinski definition) is 7. The van der Waals surface area contributed by atoms with Gasteiger partial charge in [0, 0.05) is 86.6 Å². The lowest BCUT2D eigenvalue weighted by Crippen LogP contribution is -2.16. The van der Waals surface area contributed by atoms with E-state index in [9.17, 15) is 0 Å². The van der Waals surface area contributed by atoms with E-state index in [0.717, 1.165) is 90.0 Å². The second-order valence-corrected chi connectivity index (χ2v) is 28.9. The Labute approximate surface area is 641 Å². The van der Waals surface area contributed by atoms with Crippen molar-refractivity contribution in [3.63, 3.8) is 0 Å². The van der Waals surface area contributed by atoms with Gasteiger partial charge in [-0.25, -0.2) is 23.0 Å². The fraction of sp³-hybridized carbons (Fsp3) is 0.0300. The third kappa shape index (κ3) is 12.5. The second kappa shape index (κ2) is 27.5. The molecule has 1 aliphatic rings. The monoisotopic (exact) mass is 1430 g/mol. The van der Waals surface area contributed by atoms with E-state index in [4.69, 9.17) is 25.4 Å². The molecule has 11 heteroatoms. The summed E-state index contributed by atoms with van der Waals surface area (Å²) in [5.41, 5.74) is 24.4. The van der Waals surface area contributed by atoms with Gasteiger partial charge in [-0.2, -0.15) is 10.2 Å². The molecule has 0 saturated heterocycles. The minimum atomic E-state index is -0.0819. The molecule has 0 unspecified atom stereocenters. The highest BCUT2D eigenvalue weighted by atomic mass is 15.3. The first kappa shape index (κ1) is 65.7. The summed E-state index contributed by atoms with van der Waals surface area (Å²) in [6.45, 7) is 4.66. The van der Waals surface area contributed by atoms with E-state index in [0.29, 0.717) is 0 Å². The van der Waals surface area contributed by atoms with E-state index < -0.39 is 0 Å². The van der Waals surface area contributed by atoms with Gasteiger partial charge in [0.15, 0.2) is 11.6 Å². The van der Waals surface area contributed by atoms with Crippen LogP contribution < -0.4 is 9.80 Å². The topological polar surface area (TPSA) is 88.6 Å². The molecule has 21 aromatic rings. The zero-order valence-corrected chi connectivity index (χ0v) is 60.9. The summed E-state index contributed by atoms with van der Waals surface area (Å²) < 4.78 is 7.81. The maximum Gasteiger partial charge on any atom is 0.160 e. The summed E-state index contributed by atoms with van der Waals surface area (Å²) >= 11 is 0. The highest BCUT2D eigenvalue weighted by molar-refractivity contribution is 5.92. The third-order valence-electron chi connectivity index (χ3n) is 21.5. The Morgan fingerprint density at radius 1 is 0.225 bits per heavy atom. The fourth-order valence-corrected chi connectivity index (χ4v) is 15.8. The van der Waals surface area contributed by atoms with E-state index in [1.807, 2.05) is 60.5 Å². The normalized spacial score (nSPS) is 12.1. The fourth-order valence-electron chi connectivity index (χ4n) is 15.8. The molecule has 111 heavy (non-hydrogen) atoms. The Bertz CT molecular complexity index is 6620. The van der Waals surface area contributed by atoms with E-state index in [1.165, 1.54) is 88.0 Å². The Morgan fingerprint density at radius 3 is 0.928 bits per heavy atom. The number of fused-ring (bicyclic) bond motifs is 11. The highest BCUT2D eigenvalue weighted by Gasteiger charge is 2.36. The highest BCUT2D eigenvalue weighted by Crippen LogP contribution is 2.51. The van der Waals surface area contributed by atoms with Crippen LogP contribution in [0.1, 0.15) is 25.0 Å². The van der Waals surface area contributed by atoms with Crippen LogP contribution in [0, 0.1) is 0 Å². The molecule has 526 valence electrons. The van der Waals surface area contributed by atoms with Crippen molar-refractivity contribution >= 4 is 99.5 Å². The number of rotatable bonds is 11. The molecule has 12 aromatic carbocycles. The van der Waals surface area contributed by atoms with Gasteiger partial charge in [-0.3, -0.25) is 9.80 Å². The number of hydrogen-bond donors (Lipinski definition) is 0. The van der Waals surface area contributed by atoms with E-state index >= 15 is 0 Å². The predicted molar refractivity (Wildman–Crippen MR) is 456 cm³/mol. The lowest BCUT2D eigenvalue weighted by Gasteiger charge is -2.26. The van der Waals surface area contributed by atoms with Gasteiger partial charge in [0.25, 0.3) is 0 Å². The largest absolute Gasteiger partial charge is 0.294 e. The first-order chi connectivity index (χ1) is 54.7. The summed E-state index contributed by atoms with van der Waals surface area (Å²) in [6.07, 6.45) is 8.34. The average molecular weight is 1430 g/mol. The van der Waals surface area contributed by atoms with Crippen LogP contribution in [-0.2, 0) is 5.41 Å². The van der Waals surface area contributed by atoms with Gasteiger partial charge >= 0.3 is 0 Å². The van der Waals surface area contributed by atoms with Crippen LogP contribution in [-0.4, -0.2) is 43.4 Å². The number of nitrogens with zero attached hydrogens (tertiary/aromatic N) is 11. The van der Waals surface area contributed by atoms with Crippen LogP contribution in [0.3, 0.4) is 0 Å². The number of benzene rings is 12.